The summed E-state index contributed by atoms with van der Waals surface area (Å²) < 4.78 is 11.2. The molecule has 32 heavy (non-hydrogen) atoms. The van der Waals surface area contributed by atoms with Crippen molar-refractivity contribution in [1.29, 1.82) is 0 Å². The molecule has 0 aliphatic carbocycles. The molecule has 2 aromatic carbocycles. The van der Waals surface area contributed by atoms with Gasteiger partial charge in [-0.2, -0.15) is 4.98 Å². The third-order valence-electron chi connectivity index (χ3n) is 5.33. The van der Waals surface area contributed by atoms with Gasteiger partial charge in [0.2, 0.25) is 5.82 Å². The summed E-state index contributed by atoms with van der Waals surface area (Å²) in [6, 6.07) is 21.6. The van der Waals surface area contributed by atoms with Gasteiger partial charge >= 0.3 is 0 Å². The number of hydrogen-bond acceptors (Lipinski definition) is 6. The summed E-state index contributed by atoms with van der Waals surface area (Å²) in [5, 5.41) is 10.3. The molecule has 6 nitrogen and oxygen atoms in total. The predicted molar refractivity (Wildman–Crippen MR) is 131 cm³/mol. The molecular weight excluding hydrogens is 440 g/mol. The van der Waals surface area contributed by atoms with Gasteiger partial charge in [0.1, 0.15) is 5.75 Å². The summed E-state index contributed by atoms with van der Waals surface area (Å²) in [6.07, 6.45) is 0. The summed E-state index contributed by atoms with van der Waals surface area (Å²) in [5.41, 5.74) is 3.74. The fourth-order valence-corrected chi connectivity index (χ4v) is 4.82. The number of thiocarbonyl (C=S) groups is 1. The van der Waals surface area contributed by atoms with Crippen LogP contribution in [-0.4, -0.2) is 22.4 Å². The van der Waals surface area contributed by atoms with E-state index in [1.54, 1.807) is 18.4 Å². The Balaban J connectivity index is 1.66. The first-order valence-electron chi connectivity index (χ1n) is 10.0. The maximum absolute atomic E-state index is 5.79. The van der Waals surface area contributed by atoms with Crippen LogP contribution in [-0.2, 0) is 0 Å². The Bertz CT molecular complexity index is 1280. The number of hydrogen-bond donors (Lipinski definition) is 1. The van der Waals surface area contributed by atoms with Crippen molar-refractivity contribution in [2.45, 2.75) is 13.0 Å². The molecule has 4 aromatic rings. The summed E-state index contributed by atoms with van der Waals surface area (Å²) in [6.45, 7) is 2.02. The summed E-state index contributed by atoms with van der Waals surface area (Å²) >= 11 is 7.36. The van der Waals surface area contributed by atoms with Gasteiger partial charge < -0.3 is 14.6 Å². The topological polar surface area (TPSA) is 63.4 Å². The van der Waals surface area contributed by atoms with Crippen molar-refractivity contribution in [3.05, 3.63) is 89.3 Å². The highest BCUT2D eigenvalue weighted by atomic mass is 32.1. The fraction of sp³-hybridized carbons (Fsp3) is 0.125. The van der Waals surface area contributed by atoms with Crippen molar-refractivity contribution < 1.29 is 9.26 Å². The third kappa shape index (κ3) is 3.68. The first-order chi connectivity index (χ1) is 15.7. The third-order valence-corrected chi connectivity index (χ3v) is 6.49. The number of thiophene rings is 1. The van der Waals surface area contributed by atoms with Gasteiger partial charge in [0.15, 0.2) is 5.11 Å². The lowest BCUT2D eigenvalue weighted by Crippen LogP contribution is -2.46. The number of nitrogens with zero attached hydrogens (tertiary/aromatic N) is 3. The van der Waals surface area contributed by atoms with E-state index in [-0.39, 0.29) is 6.04 Å². The zero-order valence-corrected chi connectivity index (χ0v) is 19.1. The first-order valence-corrected chi connectivity index (χ1v) is 11.3. The normalized spacial score (nSPS) is 16.2. The van der Waals surface area contributed by atoms with Crippen molar-refractivity contribution in [2.75, 3.05) is 12.0 Å². The molecule has 0 bridgehead atoms. The lowest BCUT2D eigenvalue weighted by atomic mass is 9.94. The molecule has 0 saturated heterocycles. The van der Waals surface area contributed by atoms with Crippen molar-refractivity contribution in [3.8, 4) is 16.5 Å². The van der Waals surface area contributed by atoms with Gasteiger partial charge in [-0.3, -0.25) is 4.90 Å². The second-order valence-corrected chi connectivity index (χ2v) is 8.56. The highest BCUT2D eigenvalue weighted by molar-refractivity contribution is 7.80. The van der Waals surface area contributed by atoms with Crippen LogP contribution < -0.4 is 15.0 Å². The van der Waals surface area contributed by atoms with Gasteiger partial charge in [-0.1, -0.05) is 47.6 Å². The number of nitrogens with one attached hydrogen (secondary N) is 1. The summed E-state index contributed by atoms with van der Waals surface area (Å²) in [5.74, 6) is 1.79. The van der Waals surface area contributed by atoms with Crippen molar-refractivity contribution in [2.24, 2.45) is 0 Å². The molecule has 0 saturated carbocycles. The molecule has 1 aliphatic heterocycles. The molecule has 0 fully saturated rings. The van der Waals surface area contributed by atoms with E-state index in [0.29, 0.717) is 16.8 Å². The average molecular weight is 461 g/mol. The minimum Gasteiger partial charge on any atom is -0.497 e. The Morgan fingerprint density at radius 3 is 2.69 bits per heavy atom. The lowest BCUT2D eigenvalue weighted by Gasteiger charge is -2.37. The van der Waals surface area contributed by atoms with Crippen molar-refractivity contribution in [1.82, 2.24) is 15.5 Å². The molecule has 1 atom stereocenters. The molecular formula is C24H20N4O2S2. The molecule has 5 rings (SSSR count). The minimum atomic E-state index is -0.220. The molecule has 0 radical (unpaired) electrons. The van der Waals surface area contributed by atoms with E-state index in [9.17, 15) is 0 Å². The van der Waals surface area contributed by atoms with E-state index in [0.717, 1.165) is 33.1 Å². The number of rotatable bonds is 5. The Labute approximate surface area is 195 Å². The molecule has 2 aromatic heterocycles. The Morgan fingerprint density at radius 2 is 1.94 bits per heavy atom. The highest BCUT2D eigenvalue weighted by Crippen LogP contribution is 2.39. The molecule has 8 heteroatoms. The van der Waals surface area contributed by atoms with E-state index < -0.39 is 0 Å². The van der Waals surface area contributed by atoms with Crippen LogP contribution in [0.5, 0.6) is 5.75 Å². The smallest absolute Gasteiger partial charge is 0.258 e. The number of ether oxygens (including phenoxy) is 1. The number of aromatic nitrogens is 2. The number of methoxy groups -OCH3 is 1. The number of allylic oxidation sites excluding steroid dienone is 1. The molecule has 1 unspecified atom stereocenters. The first kappa shape index (κ1) is 20.4. The second kappa shape index (κ2) is 8.57. The monoisotopic (exact) mass is 460 g/mol. The lowest BCUT2D eigenvalue weighted by molar-refractivity contribution is 0.404. The van der Waals surface area contributed by atoms with E-state index in [1.165, 1.54) is 0 Å². The van der Waals surface area contributed by atoms with Gasteiger partial charge in [-0.15, -0.1) is 11.3 Å². The second-order valence-electron chi connectivity index (χ2n) is 7.23. The molecule has 0 amide bonds. The molecule has 0 spiro atoms. The highest BCUT2D eigenvalue weighted by Gasteiger charge is 2.34. The molecule has 160 valence electrons. The Morgan fingerprint density at radius 1 is 1.09 bits per heavy atom. The van der Waals surface area contributed by atoms with Gasteiger partial charge in [-0.25, -0.2) is 0 Å². The fourth-order valence-electron chi connectivity index (χ4n) is 3.81. The SMILES string of the molecule is COc1cccc(N2C(=S)NC(c3ccccc3)C(c3nc(-c4cccs4)no3)=C2C)c1. The summed E-state index contributed by atoms with van der Waals surface area (Å²) in [7, 11) is 1.65. The van der Waals surface area contributed by atoms with Gasteiger partial charge in [-0.05, 0) is 48.3 Å². The molecule has 1 N–H and O–H groups in total. The van der Waals surface area contributed by atoms with Crippen LogP contribution in [0.1, 0.15) is 24.4 Å². The van der Waals surface area contributed by atoms with Crippen LogP contribution >= 0.6 is 23.6 Å². The van der Waals surface area contributed by atoms with Crippen LogP contribution in [0.3, 0.4) is 0 Å². The van der Waals surface area contributed by atoms with Gasteiger partial charge in [0, 0.05) is 11.8 Å². The van der Waals surface area contributed by atoms with Crippen LogP contribution in [0, 0.1) is 0 Å². The van der Waals surface area contributed by atoms with Crippen LogP contribution in [0.2, 0.25) is 0 Å². The quantitative estimate of drug-likeness (QED) is 0.385. The van der Waals surface area contributed by atoms with Crippen LogP contribution in [0.25, 0.3) is 16.3 Å². The largest absolute Gasteiger partial charge is 0.497 e. The van der Waals surface area contributed by atoms with Crippen molar-refractivity contribution in [3.63, 3.8) is 0 Å². The minimum absolute atomic E-state index is 0.220. The van der Waals surface area contributed by atoms with E-state index in [2.05, 4.69) is 22.6 Å². The number of anilines is 1. The zero-order valence-electron chi connectivity index (χ0n) is 17.5. The predicted octanol–water partition coefficient (Wildman–Crippen LogP) is 5.67. The van der Waals surface area contributed by atoms with E-state index in [4.69, 9.17) is 26.5 Å². The van der Waals surface area contributed by atoms with E-state index >= 15 is 0 Å². The summed E-state index contributed by atoms with van der Waals surface area (Å²) in [4.78, 5) is 7.66. The Hall–Kier alpha value is -3.49. The molecule has 1 aliphatic rings. The zero-order chi connectivity index (χ0) is 22.1. The molecule has 3 heterocycles. The van der Waals surface area contributed by atoms with Crippen molar-refractivity contribution >= 4 is 39.9 Å². The van der Waals surface area contributed by atoms with Gasteiger partial charge in [0.05, 0.1) is 29.3 Å². The average Bonchev–Trinajstić information content (AvgIpc) is 3.52. The standard InChI is InChI=1S/C24H20N4O2S2/c1-15-20(23-26-22(27-30-23)19-12-7-13-32-19)21(16-8-4-3-5-9-16)25-24(31)28(15)17-10-6-11-18(14-17)29-2/h3-14,21H,1-2H3,(H,25,31). The Kier molecular flexibility index (Phi) is 5.46. The van der Waals surface area contributed by atoms with Crippen LogP contribution in [0.4, 0.5) is 5.69 Å². The maximum Gasteiger partial charge on any atom is 0.258 e. The van der Waals surface area contributed by atoms with Crippen LogP contribution in [0.15, 0.2) is 82.3 Å². The maximum atomic E-state index is 5.79. The number of benzene rings is 2. The van der Waals surface area contributed by atoms with E-state index in [1.807, 2.05) is 71.8 Å². The van der Waals surface area contributed by atoms with Gasteiger partial charge in [0.25, 0.3) is 5.89 Å².